The van der Waals surface area contributed by atoms with Crippen molar-refractivity contribution in [1.29, 1.82) is 0 Å². The quantitative estimate of drug-likeness (QED) is 0.354. The molecule has 4 rings (SSSR count). The summed E-state index contributed by atoms with van der Waals surface area (Å²) in [5, 5.41) is 0. The molecular weight excluding hydrogens is 500 g/mol. The molecule has 0 atom stereocenters. The highest BCUT2D eigenvalue weighted by molar-refractivity contribution is 7.90. The Hall–Kier alpha value is -2.94. The van der Waals surface area contributed by atoms with Gasteiger partial charge in [-0.1, -0.05) is 0 Å². The summed E-state index contributed by atoms with van der Waals surface area (Å²) in [7, 11) is -8.13. The molecule has 0 aromatic heterocycles. The minimum absolute atomic E-state index is 0.00809. The van der Waals surface area contributed by atoms with Crippen LogP contribution in [-0.4, -0.2) is 55.8 Å². The summed E-state index contributed by atoms with van der Waals surface area (Å²) in [5.74, 6) is 0.594. The Morgan fingerprint density at radius 1 is 0.857 bits per heavy atom. The zero-order valence-corrected chi connectivity index (χ0v) is 20.9. The van der Waals surface area contributed by atoms with Crippen molar-refractivity contribution in [2.45, 2.75) is 36.1 Å². The van der Waals surface area contributed by atoms with Crippen molar-refractivity contribution in [1.82, 2.24) is 9.44 Å². The van der Waals surface area contributed by atoms with Crippen LogP contribution in [0.15, 0.2) is 28.0 Å². The van der Waals surface area contributed by atoms with Gasteiger partial charge in [-0.25, -0.2) is 26.3 Å². The lowest BCUT2D eigenvalue weighted by molar-refractivity contribution is 0.167. The number of sulfonamides is 2. The van der Waals surface area contributed by atoms with Gasteiger partial charge in [0.2, 0.25) is 20.0 Å². The molecule has 0 saturated carbocycles. The summed E-state index contributed by atoms with van der Waals surface area (Å²) in [5.41, 5.74) is 12.5. The van der Waals surface area contributed by atoms with Crippen LogP contribution in [-0.2, 0) is 26.5 Å². The first-order chi connectivity index (χ1) is 16.5. The summed E-state index contributed by atoms with van der Waals surface area (Å²) >= 11 is 0. The molecule has 0 radical (unpaired) electrons. The minimum Gasteiger partial charge on any atom is -0.486 e. The zero-order valence-electron chi connectivity index (χ0n) is 19.3. The second-order valence-corrected chi connectivity index (χ2v) is 11.6. The van der Waals surface area contributed by atoms with Crippen molar-refractivity contribution < 1.29 is 35.8 Å². The van der Waals surface area contributed by atoms with E-state index in [1.165, 1.54) is 6.07 Å². The molecule has 0 saturated heterocycles. The Bertz CT molecular complexity index is 1340. The van der Waals surface area contributed by atoms with Crippen LogP contribution in [0.5, 0.6) is 23.0 Å². The zero-order chi connectivity index (χ0) is 25.4. The molecule has 0 unspecified atom stereocenters. The van der Waals surface area contributed by atoms with Gasteiger partial charge in [0.05, 0.1) is 11.4 Å². The van der Waals surface area contributed by atoms with Crippen molar-refractivity contribution in [3.63, 3.8) is 0 Å². The summed E-state index contributed by atoms with van der Waals surface area (Å²) in [4.78, 5) is -0.442. The van der Waals surface area contributed by atoms with Crippen molar-refractivity contribution in [3.8, 4) is 23.0 Å². The molecule has 0 aliphatic carbocycles. The molecule has 2 aromatic carbocycles. The predicted molar refractivity (Wildman–Crippen MR) is 128 cm³/mol. The van der Waals surface area contributed by atoms with Gasteiger partial charge in [0.15, 0.2) is 32.8 Å². The van der Waals surface area contributed by atoms with Gasteiger partial charge in [-0.3, -0.25) is 0 Å². The van der Waals surface area contributed by atoms with Gasteiger partial charge < -0.3 is 30.4 Å². The third-order valence-corrected chi connectivity index (χ3v) is 8.49. The molecular formula is C21H28N4O8S2. The van der Waals surface area contributed by atoms with Crippen LogP contribution in [0, 0.1) is 0 Å². The topological polar surface area (TPSA) is 181 Å². The van der Waals surface area contributed by atoms with Crippen LogP contribution in [0.1, 0.15) is 19.4 Å². The van der Waals surface area contributed by atoms with E-state index in [1.54, 1.807) is 26.0 Å². The minimum atomic E-state index is -4.09. The van der Waals surface area contributed by atoms with Crippen molar-refractivity contribution in [2.24, 2.45) is 0 Å². The standard InChI is InChI=1S/C21H28N4O8S2/c1-12(2)25-35(28,29)21-17(23)13(11-16-19(21)33-10-8-31-16)5-6-24-34(26,27)20-14(22)3-4-15-18(20)32-9-7-30-15/h3-4,11-12,24-25H,5-10,22-23H2,1-2H3. The van der Waals surface area contributed by atoms with Gasteiger partial charge >= 0.3 is 0 Å². The van der Waals surface area contributed by atoms with Crippen LogP contribution in [0.4, 0.5) is 11.4 Å². The SMILES string of the molecule is CC(C)NS(=O)(=O)c1c(N)c(CCNS(=O)(=O)c2c(N)ccc3c2OCCO3)cc2c1OCCO2. The summed E-state index contributed by atoms with van der Waals surface area (Å²) in [6, 6.07) is 4.15. The Morgan fingerprint density at radius 2 is 1.46 bits per heavy atom. The number of nitrogens with one attached hydrogen (secondary N) is 2. The van der Waals surface area contributed by atoms with Gasteiger partial charge in [0, 0.05) is 12.6 Å². The first-order valence-corrected chi connectivity index (χ1v) is 13.9. The fraction of sp³-hybridized carbons (Fsp3) is 0.429. The van der Waals surface area contributed by atoms with Crippen LogP contribution in [0.2, 0.25) is 0 Å². The molecule has 0 fully saturated rings. The van der Waals surface area contributed by atoms with E-state index >= 15 is 0 Å². The van der Waals surface area contributed by atoms with Crippen LogP contribution in [0.3, 0.4) is 0 Å². The summed E-state index contributed by atoms with van der Waals surface area (Å²) in [6.07, 6.45) is 0.0676. The maximum absolute atomic E-state index is 13.1. The average Bonchev–Trinajstić information content (AvgIpc) is 2.78. The second-order valence-electron chi connectivity index (χ2n) is 8.23. The normalized spacial score (nSPS) is 15.3. The third kappa shape index (κ3) is 5.05. The summed E-state index contributed by atoms with van der Waals surface area (Å²) < 4.78 is 79.2. The van der Waals surface area contributed by atoms with E-state index in [0.29, 0.717) is 12.2 Å². The van der Waals surface area contributed by atoms with E-state index in [2.05, 4.69) is 9.44 Å². The number of rotatable bonds is 8. The molecule has 0 bridgehead atoms. The van der Waals surface area contributed by atoms with Gasteiger partial charge in [-0.15, -0.1) is 0 Å². The van der Waals surface area contributed by atoms with Gasteiger partial charge in [-0.2, -0.15) is 0 Å². The molecule has 0 amide bonds. The largest absolute Gasteiger partial charge is 0.486 e. The molecule has 12 nitrogen and oxygen atoms in total. The molecule has 2 aromatic rings. The molecule has 192 valence electrons. The van der Waals surface area contributed by atoms with E-state index in [1.807, 2.05) is 0 Å². The summed E-state index contributed by atoms with van der Waals surface area (Å²) in [6.45, 7) is 4.15. The van der Waals surface area contributed by atoms with Gasteiger partial charge in [0.1, 0.15) is 26.4 Å². The van der Waals surface area contributed by atoms with E-state index in [9.17, 15) is 16.8 Å². The first kappa shape index (κ1) is 25.2. The van der Waals surface area contributed by atoms with Crippen LogP contribution in [0.25, 0.3) is 0 Å². The molecule has 2 aliphatic rings. The number of hydrogen-bond donors (Lipinski definition) is 4. The van der Waals surface area contributed by atoms with E-state index in [0.717, 1.165) is 0 Å². The Kier molecular flexibility index (Phi) is 6.90. The van der Waals surface area contributed by atoms with Crippen LogP contribution < -0.4 is 39.9 Å². The van der Waals surface area contributed by atoms with Gasteiger partial charge in [-0.05, 0) is 44.0 Å². The number of anilines is 2. The number of nitrogens with two attached hydrogens (primary N) is 2. The highest BCUT2D eigenvalue weighted by Gasteiger charge is 2.32. The second kappa shape index (κ2) is 9.60. The highest BCUT2D eigenvalue weighted by atomic mass is 32.2. The van der Waals surface area contributed by atoms with Gasteiger partial charge in [0.25, 0.3) is 0 Å². The fourth-order valence-electron chi connectivity index (χ4n) is 3.84. The number of ether oxygens (including phenoxy) is 4. The Balaban J connectivity index is 1.62. The lowest BCUT2D eigenvalue weighted by Gasteiger charge is -2.24. The number of fused-ring (bicyclic) bond motifs is 2. The van der Waals surface area contributed by atoms with E-state index in [-0.39, 0.29) is 83.0 Å². The number of benzene rings is 2. The monoisotopic (exact) mass is 528 g/mol. The number of hydrogen-bond acceptors (Lipinski definition) is 10. The highest BCUT2D eigenvalue weighted by Crippen LogP contribution is 2.43. The molecule has 2 heterocycles. The third-order valence-electron chi connectivity index (χ3n) is 5.22. The maximum atomic E-state index is 13.1. The predicted octanol–water partition coefficient (Wildman–Crippen LogP) is 0.601. The molecule has 0 spiro atoms. The Labute approximate surface area is 204 Å². The first-order valence-electron chi connectivity index (χ1n) is 10.9. The molecule has 14 heteroatoms. The molecule has 35 heavy (non-hydrogen) atoms. The molecule has 2 aliphatic heterocycles. The van der Waals surface area contributed by atoms with E-state index in [4.69, 9.17) is 30.4 Å². The van der Waals surface area contributed by atoms with Crippen molar-refractivity contribution in [2.75, 3.05) is 44.4 Å². The fourth-order valence-corrected chi connectivity index (χ4v) is 6.70. The molecule has 6 N–H and O–H groups in total. The van der Waals surface area contributed by atoms with Crippen LogP contribution >= 0.6 is 0 Å². The lowest BCUT2D eigenvalue weighted by Crippen LogP contribution is -2.32. The smallest absolute Gasteiger partial charge is 0.246 e. The number of nitrogen functional groups attached to an aromatic ring is 2. The lowest BCUT2D eigenvalue weighted by atomic mass is 10.1. The van der Waals surface area contributed by atoms with E-state index < -0.39 is 20.0 Å². The van der Waals surface area contributed by atoms with Crippen molar-refractivity contribution in [3.05, 3.63) is 23.8 Å². The Morgan fingerprint density at radius 3 is 2.11 bits per heavy atom. The average molecular weight is 529 g/mol. The maximum Gasteiger partial charge on any atom is 0.246 e. The van der Waals surface area contributed by atoms with Crippen molar-refractivity contribution >= 4 is 31.4 Å².